The van der Waals surface area contributed by atoms with E-state index in [-0.39, 0.29) is 31.2 Å². The van der Waals surface area contributed by atoms with Crippen molar-refractivity contribution in [2.24, 2.45) is 11.8 Å². The summed E-state index contributed by atoms with van der Waals surface area (Å²) in [5, 5.41) is 18.1. The van der Waals surface area contributed by atoms with E-state index in [0.717, 1.165) is 19.3 Å². The quantitative estimate of drug-likeness (QED) is 0.563. The second kappa shape index (κ2) is 11.9. The molecule has 0 radical (unpaired) electrons. The van der Waals surface area contributed by atoms with Crippen LogP contribution in [0.4, 0.5) is 0 Å². The van der Waals surface area contributed by atoms with Crippen molar-refractivity contribution < 1.29 is 19.7 Å². The van der Waals surface area contributed by atoms with Crippen LogP contribution in [0.3, 0.4) is 0 Å². The van der Waals surface area contributed by atoms with Crippen LogP contribution in [-0.2, 0) is 9.47 Å². The molecule has 3 atom stereocenters. The molecule has 0 saturated carbocycles. The van der Waals surface area contributed by atoms with Crippen molar-refractivity contribution in [2.45, 2.75) is 46.1 Å². The van der Waals surface area contributed by atoms with E-state index in [1.807, 2.05) is 6.92 Å². The maximum atomic E-state index is 9.09. The van der Waals surface area contributed by atoms with Crippen molar-refractivity contribution in [1.29, 1.82) is 0 Å². The van der Waals surface area contributed by atoms with Crippen LogP contribution in [0.1, 0.15) is 40.0 Å². The van der Waals surface area contributed by atoms with Crippen molar-refractivity contribution in [1.82, 2.24) is 0 Å². The molecule has 110 valence electrons. The first-order chi connectivity index (χ1) is 8.71. The molecule has 0 aliphatic heterocycles. The Labute approximate surface area is 111 Å². The van der Waals surface area contributed by atoms with E-state index in [1.54, 1.807) is 0 Å². The molecule has 0 heterocycles. The normalized spacial score (nSPS) is 16.5. The Hall–Kier alpha value is -0.160. The van der Waals surface area contributed by atoms with E-state index < -0.39 is 0 Å². The molecule has 0 saturated heterocycles. The highest BCUT2D eigenvalue weighted by Gasteiger charge is 2.12. The van der Waals surface area contributed by atoms with Crippen molar-refractivity contribution in [3.05, 3.63) is 0 Å². The Bertz CT molecular complexity index is 167. The first kappa shape index (κ1) is 17.8. The van der Waals surface area contributed by atoms with Gasteiger partial charge in [0.25, 0.3) is 0 Å². The summed E-state index contributed by atoms with van der Waals surface area (Å²) in [6, 6.07) is 0. The molecule has 2 N–H and O–H groups in total. The van der Waals surface area contributed by atoms with Gasteiger partial charge in [0.15, 0.2) is 0 Å². The minimum atomic E-state index is 0.0850. The van der Waals surface area contributed by atoms with E-state index in [0.29, 0.717) is 19.8 Å². The standard InChI is InChI=1S/C14H30O4/c1-4-12(7-15)9-17-11-14(6-3)18-10-13(5-2)8-16/h12-16H,4-11H2,1-3H3. The highest BCUT2D eigenvalue weighted by Crippen LogP contribution is 2.08. The van der Waals surface area contributed by atoms with Crippen LogP contribution in [0.25, 0.3) is 0 Å². The van der Waals surface area contributed by atoms with E-state index >= 15 is 0 Å². The third-order valence-electron chi connectivity index (χ3n) is 3.35. The molecule has 18 heavy (non-hydrogen) atoms. The van der Waals surface area contributed by atoms with E-state index in [2.05, 4.69) is 13.8 Å². The van der Waals surface area contributed by atoms with Gasteiger partial charge in [-0.05, 0) is 19.3 Å². The van der Waals surface area contributed by atoms with Gasteiger partial charge in [-0.3, -0.25) is 0 Å². The average Bonchev–Trinajstić information content (AvgIpc) is 2.42. The smallest absolute Gasteiger partial charge is 0.0806 e. The third kappa shape index (κ3) is 8.03. The van der Waals surface area contributed by atoms with Gasteiger partial charge in [0, 0.05) is 25.0 Å². The maximum absolute atomic E-state index is 9.09. The molecular formula is C14H30O4. The molecular weight excluding hydrogens is 232 g/mol. The summed E-state index contributed by atoms with van der Waals surface area (Å²) < 4.78 is 11.3. The van der Waals surface area contributed by atoms with Crippen LogP contribution in [0.15, 0.2) is 0 Å². The van der Waals surface area contributed by atoms with Gasteiger partial charge in [0.1, 0.15) is 0 Å². The van der Waals surface area contributed by atoms with E-state index in [4.69, 9.17) is 19.7 Å². The van der Waals surface area contributed by atoms with Crippen LogP contribution < -0.4 is 0 Å². The summed E-state index contributed by atoms with van der Waals surface area (Å²) >= 11 is 0. The SMILES string of the molecule is CCC(CO)COCC(CC)OCC(CC)CO. The third-order valence-corrected chi connectivity index (χ3v) is 3.35. The van der Waals surface area contributed by atoms with Crippen LogP contribution in [0.5, 0.6) is 0 Å². The topological polar surface area (TPSA) is 58.9 Å². The van der Waals surface area contributed by atoms with Gasteiger partial charge in [-0.25, -0.2) is 0 Å². The van der Waals surface area contributed by atoms with Gasteiger partial charge in [-0.15, -0.1) is 0 Å². The van der Waals surface area contributed by atoms with E-state index in [9.17, 15) is 0 Å². The molecule has 0 fully saturated rings. The Morgan fingerprint density at radius 2 is 1.33 bits per heavy atom. The first-order valence-corrected chi connectivity index (χ1v) is 7.12. The molecule has 3 unspecified atom stereocenters. The Morgan fingerprint density at radius 1 is 0.778 bits per heavy atom. The van der Waals surface area contributed by atoms with Crippen LogP contribution in [0.2, 0.25) is 0 Å². The fourth-order valence-electron chi connectivity index (χ4n) is 1.52. The zero-order valence-corrected chi connectivity index (χ0v) is 12.1. The fourth-order valence-corrected chi connectivity index (χ4v) is 1.52. The molecule has 0 aliphatic rings. The maximum Gasteiger partial charge on any atom is 0.0806 e. The number of aliphatic hydroxyl groups excluding tert-OH is 2. The number of rotatable bonds is 12. The molecule has 4 heteroatoms. The zero-order valence-electron chi connectivity index (χ0n) is 12.1. The van der Waals surface area contributed by atoms with Crippen molar-refractivity contribution in [3.8, 4) is 0 Å². The minimum Gasteiger partial charge on any atom is -0.396 e. The van der Waals surface area contributed by atoms with Gasteiger partial charge in [-0.1, -0.05) is 20.8 Å². The Kier molecular flexibility index (Phi) is 11.8. The summed E-state index contributed by atoms with van der Waals surface area (Å²) in [5.74, 6) is 0.447. The second-order valence-electron chi connectivity index (χ2n) is 4.81. The van der Waals surface area contributed by atoms with E-state index in [1.165, 1.54) is 0 Å². The van der Waals surface area contributed by atoms with Crippen LogP contribution in [-0.4, -0.2) is 49.4 Å². The van der Waals surface area contributed by atoms with Gasteiger partial charge < -0.3 is 19.7 Å². The number of aliphatic hydroxyl groups is 2. The van der Waals surface area contributed by atoms with Crippen LogP contribution >= 0.6 is 0 Å². The predicted octanol–water partition coefficient (Wildman–Crippen LogP) is 1.84. The molecule has 0 amide bonds. The summed E-state index contributed by atoms with van der Waals surface area (Å²) in [6.45, 7) is 8.26. The lowest BCUT2D eigenvalue weighted by Crippen LogP contribution is -2.25. The lowest BCUT2D eigenvalue weighted by Gasteiger charge is -2.20. The number of hydrogen-bond donors (Lipinski definition) is 2. The van der Waals surface area contributed by atoms with Crippen molar-refractivity contribution in [3.63, 3.8) is 0 Å². The van der Waals surface area contributed by atoms with Gasteiger partial charge >= 0.3 is 0 Å². The number of hydrogen-bond acceptors (Lipinski definition) is 4. The fraction of sp³-hybridized carbons (Fsp3) is 1.00. The lowest BCUT2D eigenvalue weighted by molar-refractivity contribution is -0.0464. The largest absolute Gasteiger partial charge is 0.396 e. The van der Waals surface area contributed by atoms with Gasteiger partial charge in [0.05, 0.1) is 25.9 Å². The minimum absolute atomic E-state index is 0.0850. The van der Waals surface area contributed by atoms with Crippen molar-refractivity contribution >= 4 is 0 Å². The monoisotopic (exact) mass is 262 g/mol. The van der Waals surface area contributed by atoms with Gasteiger partial charge in [-0.2, -0.15) is 0 Å². The molecule has 0 spiro atoms. The summed E-state index contributed by atoms with van der Waals surface area (Å²) in [4.78, 5) is 0. The van der Waals surface area contributed by atoms with Crippen molar-refractivity contribution in [2.75, 3.05) is 33.0 Å². The molecule has 0 bridgehead atoms. The zero-order chi connectivity index (χ0) is 13.8. The predicted molar refractivity (Wildman–Crippen MR) is 72.6 cm³/mol. The molecule has 0 aromatic rings. The molecule has 0 rings (SSSR count). The van der Waals surface area contributed by atoms with Gasteiger partial charge in [0.2, 0.25) is 0 Å². The molecule has 0 aliphatic carbocycles. The lowest BCUT2D eigenvalue weighted by atomic mass is 10.1. The summed E-state index contributed by atoms with van der Waals surface area (Å²) in [7, 11) is 0. The highest BCUT2D eigenvalue weighted by molar-refractivity contribution is 4.59. The average molecular weight is 262 g/mol. The highest BCUT2D eigenvalue weighted by atomic mass is 16.5. The summed E-state index contributed by atoms with van der Waals surface area (Å²) in [6.07, 6.45) is 2.84. The molecule has 0 aromatic heterocycles. The Morgan fingerprint density at radius 3 is 1.78 bits per heavy atom. The molecule has 4 nitrogen and oxygen atoms in total. The second-order valence-corrected chi connectivity index (χ2v) is 4.81. The first-order valence-electron chi connectivity index (χ1n) is 7.12. The molecule has 0 aromatic carbocycles. The Balaban J connectivity index is 3.76. The number of ether oxygens (including phenoxy) is 2. The van der Waals surface area contributed by atoms with Crippen LogP contribution in [0, 0.1) is 11.8 Å². The summed E-state index contributed by atoms with van der Waals surface area (Å²) in [5.41, 5.74) is 0.